The molecular formula is C20H26N4O2. The summed E-state index contributed by atoms with van der Waals surface area (Å²) in [6.07, 6.45) is 5.40. The van der Waals surface area contributed by atoms with Gasteiger partial charge in [0, 0.05) is 24.7 Å². The zero-order valence-corrected chi connectivity index (χ0v) is 14.9. The molecule has 3 N–H and O–H groups in total. The lowest BCUT2D eigenvalue weighted by Gasteiger charge is -2.23. The Bertz CT molecular complexity index is 748. The number of piperidine rings is 1. The first-order valence-corrected chi connectivity index (χ1v) is 9.45. The summed E-state index contributed by atoms with van der Waals surface area (Å²) in [7, 11) is 0. The number of aliphatic hydroxyl groups is 1. The van der Waals surface area contributed by atoms with Crippen LogP contribution in [0.3, 0.4) is 0 Å². The van der Waals surface area contributed by atoms with Crippen molar-refractivity contribution in [2.45, 2.75) is 37.8 Å². The van der Waals surface area contributed by atoms with Crippen molar-refractivity contribution in [2.75, 3.05) is 19.6 Å². The second-order valence-electron chi connectivity index (χ2n) is 7.54. The number of amides is 1. The number of nitrogens with one attached hydrogen (secondary N) is 2. The van der Waals surface area contributed by atoms with Crippen LogP contribution < -0.4 is 10.6 Å². The molecule has 2 unspecified atom stereocenters. The number of nitrogens with zero attached hydrogens (tertiary/aromatic N) is 2. The Morgan fingerprint density at radius 2 is 2.15 bits per heavy atom. The molecule has 1 saturated heterocycles. The van der Waals surface area contributed by atoms with E-state index in [4.69, 9.17) is 0 Å². The number of rotatable bonds is 6. The van der Waals surface area contributed by atoms with E-state index in [1.165, 1.54) is 0 Å². The normalized spacial score (nSPS) is 22.6. The Hall–Kier alpha value is -2.18. The maximum atomic E-state index is 12.5. The molecule has 2 heterocycles. The summed E-state index contributed by atoms with van der Waals surface area (Å²) in [6.45, 7) is 2.42. The van der Waals surface area contributed by atoms with Crippen LogP contribution in [0.2, 0.25) is 0 Å². The highest BCUT2D eigenvalue weighted by Crippen LogP contribution is 2.54. The molecule has 0 radical (unpaired) electrons. The van der Waals surface area contributed by atoms with E-state index in [0.717, 1.165) is 44.3 Å². The molecule has 1 aliphatic carbocycles. The Morgan fingerprint density at radius 3 is 2.85 bits per heavy atom. The summed E-state index contributed by atoms with van der Waals surface area (Å²) in [5.41, 5.74) is 1.11. The minimum atomic E-state index is -0.546. The van der Waals surface area contributed by atoms with Gasteiger partial charge in [0.15, 0.2) is 0 Å². The van der Waals surface area contributed by atoms with Crippen LogP contribution in [-0.4, -0.2) is 40.4 Å². The van der Waals surface area contributed by atoms with Crippen molar-refractivity contribution in [2.24, 2.45) is 5.41 Å². The minimum absolute atomic E-state index is 0.168. The molecule has 2 aliphatic rings. The molecule has 138 valence electrons. The first kappa shape index (κ1) is 17.2. The number of hydrogen-bond donors (Lipinski definition) is 3. The number of aromatic nitrogens is 2. The maximum Gasteiger partial charge on any atom is 0.271 e. The molecule has 4 rings (SSSR count). The standard InChI is InChI=1S/C20H26N4O2/c25-18(15-5-2-1-3-6-15)20(9-10-20)14-22-19(26)17-8-12-24(23-17)16-7-4-11-21-13-16/h1-3,5-6,8,12,16,18,21,25H,4,7,9-11,13-14H2,(H,22,26). The smallest absolute Gasteiger partial charge is 0.271 e. The summed E-state index contributed by atoms with van der Waals surface area (Å²) >= 11 is 0. The molecular weight excluding hydrogens is 328 g/mol. The average Bonchev–Trinajstić information content (AvgIpc) is 3.33. The van der Waals surface area contributed by atoms with Crippen LogP contribution in [-0.2, 0) is 0 Å². The van der Waals surface area contributed by atoms with Crippen molar-refractivity contribution in [3.63, 3.8) is 0 Å². The van der Waals surface area contributed by atoms with E-state index in [1.54, 1.807) is 6.07 Å². The summed E-state index contributed by atoms with van der Waals surface area (Å²) in [4.78, 5) is 12.5. The number of hydrogen-bond acceptors (Lipinski definition) is 4. The summed E-state index contributed by atoms with van der Waals surface area (Å²) in [5, 5.41) is 21.5. The van der Waals surface area contributed by atoms with Gasteiger partial charge >= 0.3 is 0 Å². The summed E-state index contributed by atoms with van der Waals surface area (Å²) < 4.78 is 1.90. The van der Waals surface area contributed by atoms with Crippen LogP contribution in [0.5, 0.6) is 0 Å². The first-order valence-electron chi connectivity index (χ1n) is 9.45. The van der Waals surface area contributed by atoms with Gasteiger partial charge in [-0.1, -0.05) is 30.3 Å². The van der Waals surface area contributed by atoms with E-state index >= 15 is 0 Å². The Balaban J connectivity index is 1.36. The summed E-state index contributed by atoms with van der Waals surface area (Å²) in [5.74, 6) is -0.168. The Labute approximate surface area is 153 Å². The van der Waals surface area contributed by atoms with E-state index in [1.807, 2.05) is 41.2 Å². The molecule has 0 bridgehead atoms. The first-order chi connectivity index (χ1) is 12.7. The van der Waals surface area contributed by atoms with Gasteiger partial charge in [0.05, 0.1) is 12.1 Å². The van der Waals surface area contributed by atoms with Crippen LogP contribution in [0.25, 0.3) is 0 Å². The highest BCUT2D eigenvalue weighted by Gasteiger charge is 2.49. The van der Waals surface area contributed by atoms with Crippen molar-refractivity contribution in [3.05, 3.63) is 53.9 Å². The zero-order chi connectivity index (χ0) is 18.0. The van der Waals surface area contributed by atoms with Crippen molar-refractivity contribution in [1.82, 2.24) is 20.4 Å². The van der Waals surface area contributed by atoms with E-state index in [0.29, 0.717) is 18.3 Å². The number of carbonyl (C=O) groups excluding carboxylic acids is 1. The molecule has 1 aromatic heterocycles. The quantitative estimate of drug-likeness (QED) is 0.742. The predicted molar refractivity (Wildman–Crippen MR) is 98.8 cm³/mol. The van der Waals surface area contributed by atoms with Gasteiger partial charge in [-0.25, -0.2) is 0 Å². The van der Waals surface area contributed by atoms with E-state index in [9.17, 15) is 9.90 Å². The monoisotopic (exact) mass is 354 g/mol. The lowest BCUT2D eigenvalue weighted by Crippen LogP contribution is -2.34. The predicted octanol–water partition coefficient (Wildman–Crippen LogP) is 2.05. The largest absolute Gasteiger partial charge is 0.388 e. The molecule has 6 nitrogen and oxygen atoms in total. The van der Waals surface area contributed by atoms with Gasteiger partial charge in [0.25, 0.3) is 5.91 Å². The average molecular weight is 354 g/mol. The minimum Gasteiger partial charge on any atom is -0.388 e. The molecule has 2 fully saturated rings. The second kappa shape index (κ2) is 7.21. The molecule has 1 aliphatic heterocycles. The van der Waals surface area contributed by atoms with Crippen LogP contribution in [0.1, 0.15) is 53.9 Å². The molecule has 0 spiro atoms. The molecule has 1 amide bonds. The lowest BCUT2D eigenvalue weighted by molar-refractivity contribution is 0.0804. The van der Waals surface area contributed by atoms with Gasteiger partial charge in [0.2, 0.25) is 0 Å². The molecule has 2 aromatic rings. The lowest BCUT2D eigenvalue weighted by atomic mass is 9.92. The van der Waals surface area contributed by atoms with E-state index < -0.39 is 6.10 Å². The maximum absolute atomic E-state index is 12.5. The van der Waals surface area contributed by atoms with E-state index in [2.05, 4.69) is 15.7 Å². The van der Waals surface area contributed by atoms with Crippen LogP contribution in [0.15, 0.2) is 42.6 Å². The van der Waals surface area contributed by atoms with Gasteiger partial charge in [-0.15, -0.1) is 0 Å². The SMILES string of the molecule is O=C(NCC1(C(O)c2ccccc2)CC1)c1ccn(C2CCCNC2)n1. The molecule has 6 heteroatoms. The molecule has 2 atom stereocenters. The van der Waals surface area contributed by atoms with Gasteiger partial charge in [-0.3, -0.25) is 9.48 Å². The molecule has 1 aromatic carbocycles. The van der Waals surface area contributed by atoms with Gasteiger partial charge in [0.1, 0.15) is 5.69 Å². The topological polar surface area (TPSA) is 79.2 Å². The fourth-order valence-electron chi connectivity index (χ4n) is 3.76. The highest BCUT2D eigenvalue weighted by atomic mass is 16.3. The third kappa shape index (κ3) is 3.52. The number of aliphatic hydroxyl groups excluding tert-OH is 1. The van der Waals surface area contributed by atoms with Crippen molar-refractivity contribution >= 4 is 5.91 Å². The third-order valence-electron chi connectivity index (χ3n) is 5.67. The van der Waals surface area contributed by atoms with Gasteiger partial charge in [-0.05, 0) is 43.9 Å². The van der Waals surface area contributed by atoms with Gasteiger partial charge in [-0.2, -0.15) is 5.10 Å². The van der Waals surface area contributed by atoms with Gasteiger partial charge < -0.3 is 15.7 Å². The van der Waals surface area contributed by atoms with E-state index in [-0.39, 0.29) is 11.3 Å². The second-order valence-corrected chi connectivity index (χ2v) is 7.54. The summed E-state index contributed by atoms with van der Waals surface area (Å²) in [6, 6.07) is 11.8. The number of benzene rings is 1. The Morgan fingerprint density at radius 1 is 1.35 bits per heavy atom. The van der Waals surface area contributed by atoms with Crippen molar-refractivity contribution in [3.8, 4) is 0 Å². The van der Waals surface area contributed by atoms with Crippen LogP contribution in [0, 0.1) is 5.41 Å². The van der Waals surface area contributed by atoms with Crippen LogP contribution >= 0.6 is 0 Å². The fourth-order valence-corrected chi connectivity index (χ4v) is 3.76. The molecule has 26 heavy (non-hydrogen) atoms. The van der Waals surface area contributed by atoms with Crippen molar-refractivity contribution < 1.29 is 9.90 Å². The highest BCUT2D eigenvalue weighted by molar-refractivity contribution is 5.92. The Kier molecular flexibility index (Phi) is 4.78. The van der Waals surface area contributed by atoms with Crippen LogP contribution in [0.4, 0.5) is 0 Å². The number of carbonyl (C=O) groups is 1. The molecule has 1 saturated carbocycles. The fraction of sp³-hybridized carbons (Fsp3) is 0.500. The van der Waals surface area contributed by atoms with Crippen molar-refractivity contribution in [1.29, 1.82) is 0 Å². The zero-order valence-electron chi connectivity index (χ0n) is 14.9. The third-order valence-corrected chi connectivity index (χ3v) is 5.67.